The van der Waals surface area contributed by atoms with Crippen molar-refractivity contribution in [1.82, 2.24) is 25.4 Å². The molecular formula is C13H17N5O. The van der Waals surface area contributed by atoms with E-state index in [1.54, 1.807) is 18.6 Å². The first-order valence-corrected chi connectivity index (χ1v) is 6.65. The normalized spacial score (nSPS) is 23.4. The topological polar surface area (TPSA) is 76.7 Å². The summed E-state index contributed by atoms with van der Waals surface area (Å²) in [6, 6.07) is 0.420. The summed E-state index contributed by atoms with van der Waals surface area (Å²) >= 11 is 0. The lowest BCUT2D eigenvalue weighted by atomic mass is 9.84. The fraction of sp³-hybridized carbons (Fsp3) is 0.538. The lowest BCUT2D eigenvalue weighted by molar-refractivity contribution is 0.270. The molecule has 2 aromatic rings. The van der Waals surface area contributed by atoms with Crippen molar-refractivity contribution in [3.8, 4) is 11.5 Å². The van der Waals surface area contributed by atoms with Crippen molar-refractivity contribution in [2.45, 2.75) is 37.6 Å². The molecule has 6 nitrogen and oxygen atoms in total. The minimum absolute atomic E-state index is 0.302. The van der Waals surface area contributed by atoms with Gasteiger partial charge in [-0.1, -0.05) is 18.0 Å². The summed E-state index contributed by atoms with van der Waals surface area (Å²) in [6.45, 7) is 0. The van der Waals surface area contributed by atoms with Gasteiger partial charge >= 0.3 is 0 Å². The van der Waals surface area contributed by atoms with E-state index in [4.69, 9.17) is 4.52 Å². The molecule has 3 rings (SSSR count). The fourth-order valence-electron chi connectivity index (χ4n) is 2.68. The van der Waals surface area contributed by atoms with E-state index in [0.717, 1.165) is 12.8 Å². The Morgan fingerprint density at radius 1 is 1.26 bits per heavy atom. The molecule has 0 saturated heterocycles. The van der Waals surface area contributed by atoms with Crippen LogP contribution in [0.25, 0.3) is 11.5 Å². The Morgan fingerprint density at radius 3 is 2.95 bits per heavy atom. The van der Waals surface area contributed by atoms with Gasteiger partial charge in [0, 0.05) is 18.4 Å². The maximum atomic E-state index is 5.42. The van der Waals surface area contributed by atoms with Crippen LogP contribution in [0.4, 0.5) is 0 Å². The number of hydrogen-bond acceptors (Lipinski definition) is 6. The van der Waals surface area contributed by atoms with Crippen molar-refractivity contribution >= 4 is 0 Å². The highest BCUT2D eigenvalue weighted by atomic mass is 16.5. The molecule has 19 heavy (non-hydrogen) atoms. The molecule has 100 valence electrons. The van der Waals surface area contributed by atoms with Crippen molar-refractivity contribution in [1.29, 1.82) is 0 Å². The molecule has 0 radical (unpaired) electrons. The molecule has 0 bridgehead atoms. The Morgan fingerprint density at radius 2 is 2.16 bits per heavy atom. The Hall–Kier alpha value is -1.82. The molecule has 0 aromatic carbocycles. The van der Waals surface area contributed by atoms with Crippen LogP contribution in [-0.4, -0.2) is 33.2 Å². The van der Waals surface area contributed by atoms with Crippen molar-refractivity contribution in [3.05, 3.63) is 24.5 Å². The lowest BCUT2D eigenvalue weighted by Crippen LogP contribution is -2.34. The van der Waals surface area contributed by atoms with Gasteiger partial charge in [-0.05, 0) is 19.9 Å². The molecule has 2 aromatic heterocycles. The van der Waals surface area contributed by atoms with E-state index in [-0.39, 0.29) is 0 Å². The number of rotatable bonds is 3. The van der Waals surface area contributed by atoms with Gasteiger partial charge in [-0.2, -0.15) is 4.98 Å². The predicted octanol–water partition coefficient (Wildman–Crippen LogP) is 1.77. The zero-order valence-electron chi connectivity index (χ0n) is 10.9. The van der Waals surface area contributed by atoms with Crippen LogP contribution >= 0.6 is 0 Å². The van der Waals surface area contributed by atoms with Gasteiger partial charge in [0.05, 0.1) is 12.1 Å². The molecule has 0 spiro atoms. The van der Waals surface area contributed by atoms with Crippen LogP contribution in [0.2, 0.25) is 0 Å². The smallest absolute Gasteiger partial charge is 0.231 e. The molecule has 2 atom stereocenters. The first-order valence-electron chi connectivity index (χ1n) is 6.65. The Bertz CT molecular complexity index is 527. The lowest BCUT2D eigenvalue weighted by Gasteiger charge is -2.28. The number of likely N-dealkylation sites (N-methyl/N-ethyl adjacent to an activating group) is 1. The van der Waals surface area contributed by atoms with Crippen LogP contribution in [0.3, 0.4) is 0 Å². The van der Waals surface area contributed by atoms with E-state index in [1.807, 2.05) is 7.05 Å². The third-order valence-electron chi connectivity index (χ3n) is 3.69. The summed E-state index contributed by atoms with van der Waals surface area (Å²) in [5.74, 6) is 1.53. The highest BCUT2D eigenvalue weighted by Gasteiger charge is 2.30. The van der Waals surface area contributed by atoms with Gasteiger partial charge in [0.1, 0.15) is 5.69 Å². The summed E-state index contributed by atoms with van der Waals surface area (Å²) in [6.07, 6.45) is 9.62. The van der Waals surface area contributed by atoms with Crippen LogP contribution in [0.5, 0.6) is 0 Å². The van der Waals surface area contributed by atoms with E-state index in [0.29, 0.717) is 29.4 Å². The van der Waals surface area contributed by atoms with Crippen molar-refractivity contribution in [3.63, 3.8) is 0 Å². The molecule has 2 unspecified atom stereocenters. The number of nitrogens with zero attached hydrogens (tertiary/aromatic N) is 4. The summed E-state index contributed by atoms with van der Waals surface area (Å²) in [7, 11) is 1.99. The second-order valence-corrected chi connectivity index (χ2v) is 4.83. The Kier molecular flexibility index (Phi) is 3.50. The van der Waals surface area contributed by atoms with Gasteiger partial charge in [-0.3, -0.25) is 4.98 Å². The summed E-state index contributed by atoms with van der Waals surface area (Å²) in [5.41, 5.74) is 0.648. The molecule has 1 aliphatic rings. The third kappa shape index (κ3) is 2.49. The summed E-state index contributed by atoms with van der Waals surface area (Å²) in [4.78, 5) is 12.7. The molecular weight excluding hydrogens is 242 g/mol. The van der Waals surface area contributed by atoms with E-state index in [2.05, 4.69) is 25.4 Å². The molecule has 1 fully saturated rings. The molecule has 0 amide bonds. The zero-order valence-corrected chi connectivity index (χ0v) is 10.9. The van der Waals surface area contributed by atoms with Crippen LogP contribution in [0.15, 0.2) is 23.1 Å². The zero-order chi connectivity index (χ0) is 13.1. The standard InChI is InChI=1S/C13H17N5O/c1-14-10-5-3-2-4-9(10)13-17-12(18-19-13)11-8-15-6-7-16-11/h6-10,14H,2-5H2,1H3. The monoisotopic (exact) mass is 259 g/mol. The SMILES string of the molecule is CNC1CCCCC1c1nc(-c2cnccn2)no1. The van der Waals surface area contributed by atoms with Crippen LogP contribution in [0, 0.1) is 0 Å². The molecule has 1 N–H and O–H groups in total. The largest absolute Gasteiger partial charge is 0.339 e. The van der Waals surface area contributed by atoms with Crippen molar-refractivity contribution in [2.75, 3.05) is 7.05 Å². The van der Waals surface area contributed by atoms with Crippen molar-refractivity contribution in [2.24, 2.45) is 0 Å². The minimum Gasteiger partial charge on any atom is -0.339 e. The third-order valence-corrected chi connectivity index (χ3v) is 3.69. The quantitative estimate of drug-likeness (QED) is 0.905. The average Bonchev–Trinajstić information content (AvgIpc) is 2.98. The molecule has 6 heteroatoms. The van der Waals surface area contributed by atoms with E-state index in [1.165, 1.54) is 12.8 Å². The maximum Gasteiger partial charge on any atom is 0.231 e. The highest BCUT2D eigenvalue weighted by Crippen LogP contribution is 2.32. The van der Waals surface area contributed by atoms with Gasteiger partial charge in [-0.25, -0.2) is 4.98 Å². The molecule has 0 aliphatic heterocycles. The molecule has 2 heterocycles. The second-order valence-electron chi connectivity index (χ2n) is 4.83. The van der Waals surface area contributed by atoms with Gasteiger partial charge in [-0.15, -0.1) is 0 Å². The molecule has 1 aliphatic carbocycles. The van der Waals surface area contributed by atoms with Gasteiger partial charge in [0.25, 0.3) is 0 Å². The predicted molar refractivity (Wildman–Crippen MR) is 69.4 cm³/mol. The highest BCUT2D eigenvalue weighted by molar-refractivity contribution is 5.45. The number of nitrogens with one attached hydrogen (secondary N) is 1. The van der Waals surface area contributed by atoms with Crippen LogP contribution < -0.4 is 5.32 Å². The van der Waals surface area contributed by atoms with E-state index in [9.17, 15) is 0 Å². The van der Waals surface area contributed by atoms with Crippen LogP contribution in [0.1, 0.15) is 37.5 Å². The summed E-state index contributed by atoms with van der Waals surface area (Å²) in [5, 5.41) is 7.36. The molecule has 1 saturated carbocycles. The fourth-order valence-corrected chi connectivity index (χ4v) is 2.68. The van der Waals surface area contributed by atoms with Gasteiger partial charge < -0.3 is 9.84 Å². The van der Waals surface area contributed by atoms with Crippen molar-refractivity contribution < 1.29 is 4.52 Å². The van der Waals surface area contributed by atoms with Crippen LogP contribution in [-0.2, 0) is 0 Å². The van der Waals surface area contributed by atoms with E-state index >= 15 is 0 Å². The number of aromatic nitrogens is 4. The number of hydrogen-bond donors (Lipinski definition) is 1. The second kappa shape index (κ2) is 5.44. The first-order chi connectivity index (χ1) is 9.38. The average molecular weight is 259 g/mol. The van der Waals surface area contributed by atoms with Gasteiger partial charge in [0.15, 0.2) is 0 Å². The summed E-state index contributed by atoms with van der Waals surface area (Å²) < 4.78 is 5.42. The Balaban J connectivity index is 1.84. The maximum absolute atomic E-state index is 5.42. The van der Waals surface area contributed by atoms with Gasteiger partial charge in [0.2, 0.25) is 11.7 Å². The minimum atomic E-state index is 0.302. The first kappa shape index (κ1) is 12.2. The Labute approximate surface area is 111 Å². The van der Waals surface area contributed by atoms with E-state index < -0.39 is 0 Å².